The zero-order valence-electron chi connectivity index (χ0n) is 9.93. The van der Waals surface area contributed by atoms with Crippen molar-refractivity contribution in [2.75, 3.05) is 0 Å². The molecule has 1 aromatic rings. The van der Waals surface area contributed by atoms with E-state index in [-0.39, 0.29) is 17.7 Å². The van der Waals surface area contributed by atoms with E-state index in [1.54, 1.807) is 6.20 Å². The van der Waals surface area contributed by atoms with E-state index in [1.165, 1.54) is 0 Å². The van der Waals surface area contributed by atoms with Crippen LogP contribution in [0.15, 0.2) is 12.3 Å². The summed E-state index contributed by atoms with van der Waals surface area (Å²) in [7, 11) is 0. The first-order valence-corrected chi connectivity index (χ1v) is 5.74. The fourth-order valence-electron chi connectivity index (χ4n) is 1.86. The van der Waals surface area contributed by atoms with Crippen LogP contribution in [-0.4, -0.2) is 22.0 Å². The van der Waals surface area contributed by atoms with Crippen molar-refractivity contribution in [1.29, 1.82) is 0 Å². The molecule has 1 atom stereocenters. The van der Waals surface area contributed by atoms with Crippen molar-refractivity contribution in [2.45, 2.75) is 38.5 Å². The van der Waals surface area contributed by atoms with Crippen LogP contribution in [0.4, 0.5) is 0 Å². The predicted molar refractivity (Wildman–Crippen MR) is 61.2 cm³/mol. The van der Waals surface area contributed by atoms with Gasteiger partial charge in [-0.3, -0.25) is 14.9 Å². The average Bonchev–Trinajstić information content (AvgIpc) is 2.29. The minimum absolute atomic E-state index is 0.209. The van der Waals surface area contributed by atoms with Crippen LogP contribution in [0.5, 0.6) is 0 Å². The maximum Gasteiger partial charge on any atom is 0.235 e. The van der Waals surface area contributed by atoms with Gasteiger partial charge in [0.15, 0.2) is 0 Å². The molecule has 1 saturated heterocycles. The molecule has 0 aliphatic carbocycles. The van der Waals surface area contributed by atoms with E-state index in [0.29, 0.717) is 24.5 Å². The molecular formula is C12H15N3O2. The molecule has 1 N–H and O–H groups in total. The Kier molecular flexibility index (Phi) is 3.17. The summed E-state index contributed by atoms with van der Waals surface area (Å²) in [6, 6.07) is 1.90. The fraction of sp³-hybridized carbons (Fsp3) is 0.500. The van der Waals surface area contributed by atoms with Gasteiger partial charge in [-0.15, -0.1) is 0 Å². The molecule has 1 unspecified atom stereocenters. The minimum atomic E-state index is -0.348. The lowest BCUT2D eigenvalue weighted by atomic mass is 9.93. The standard InChI is InChI=1S/C12H15N3O2/c1-7(2)8-5-10(15-13-6-8)9-3-4-11(16)14-12(9)17/h5-7,9H,3-4H2,1-2H3,(H,14,16,17). The zero-order chi connectivity index (χ0) is 12.4. The summed E-state index contributed by atoms with van der Waals surface area (Å²) in [5.41, 5.74) is 1.71. The monoisotopic (exact) mass is 233 g/mol. The van der Waals surface area contributed by atoms with Gasteiger partial charge in [0.2, 0.25) is 11.8 Å². The number of carbonyl (C=O) groups is 2. The molecule has 1 aliphatic heterocycles. The van der Waals surface area contributed by atoms with Gasteiger partial charge < -0.3 is 0 Å². The summed E-state index contributed by atoms with van der Waals surface area (Å²) in [4.78, 5) is 22.7. The Morgan fingerprint density at radius 2 is 2.18 bits per heavy atom. The summed E-state index contributed by atoms with van der Waals surface area (Å²) in [6.45, 7) is 4.12. The third kappa shape index (κ3) is 2.49. The second kappa shape index (κ2) is 4.61. The third-order valence-electron chi connectivity index (χ3n) is 2.96. The molecule has 2 rings (SSSR count). The van der Waals surface area contributed by atoms with Crippen molar-refractivity contribution in [3.8, 4) is 0 Å². The highest BCUT2D eigenvalue weighted by molar-refractivity contribution is 6.00. The van der Waals surface area contributed by atoms with Gasteiger partial charge in [0.25, 0.3) is 0 Å². The highest BCUT2D eigenvalue weighted by Gasteiger charge is 2.29. The molecule has 0 spiro atoms. The van der Waals surface area contributed by atoms with Gasteiger partial charge in [-0.2, -0.15) is 10.2 Å². The van der Waals surface area contributed by atoms with Crippen molar-refractivity contribution in [3.63, 3.8) is 0 Å². The van der Waals surface area contributed by atoms with Crippen LogP contribution in [0, 0.1) is 0 Å². The Hall–Kier alpha value is -1.78. The molecule has 1 fully saturated rings. The van der Waals surface area contributed by atoms with E-state index in [4.69, 9.17) is 0 Å². The van der Waals surface area contributed by atoms with Crippen LogP contribution in [0.2, 0.25) is 0 Å². The summed E-state index contributed by atoms with van der Waals surface area (Å²) in [6.07, 6.45) is 2.59. The third-order valence-corrected chi connectivity index (χ3v) is 2.96. The molecule has 17 heavy (non-hydrogen) atoms. The van der Waals surface area contributed by atoms with Gasteiger partial charge in [-0.05, 0) is 24.0 Å². The van der Waals surface area contributed by atoms with Gasteiger partial charge in [0, 0.05) is 6.42 Å². The predicted octanol–water partition coefficient (Wildman–Crippen LogP) is 1.12. The van der Waals surface area contributed by atoms with E-state index in [2.05, 4.69) is 29.4 Å². The Bertz CT molecular complexity index is 457. The summed E-state index contributed by atoms with van der Waals surface area (Å²) >= 11 is 0. The zero-order valence-corrected chi connectivity index (χ0v) is 9.93. The lowest BCUT2D eigenvalue weighted by Gasteiger charge is -2.20. The summed E-state index contributed by atoms with van der Waals surface area (Å²) in [5.74, 6) is -0.480. The SMILES string of the molecule is CC(C)c1cnnc(C2CCC(=O)NC2=O)c1. The van der Waals surface area contributed by atoms with Crippen molar-refractivity contribution >= 4 is 11.8 Å². The maximum absolute atomic E-state index is 11.7. The number of carbonyl (C=O) groups excluding carboxylic acids is 2. The topological polar surface area (TPSA) is 72.0 Å². The van der Waals surface area contributed by atoms with Gasteiger partial charge in [-0.25, -0.2) is 0 Å². The number of nitrogens with zero attached hydrogens (tertiary/aromatic N) is 2. The normalized spacial score (nSPS) is 20.5. The number of amides is 2. The summed E-state index contributed by atoms with van der Waals surface area (Å²) in [5, 5.41) is 10.2. The number of piperidine rings is 1. The molecule has 2 heterocycles. The van der Waals surface area contributed by atoms with E-state index in [0.717, 1.165) is 5.56 Å². The first-order chi connectivity index (χ1) is 8.08. The quantitative estimate of drug-likeness (QED) is 0.777. The Labute approximate surface area is 99.6 Å². The van der Waals surface area contributed by atoms with Gasteiger partial charge >= 0.3 is 0 Å². The van der Waals surface area contributed by atoms with Crippen molar-refractivity contribution in [3.05, 3.63) is 23.5 Å². The molecule has 0 aromatic carbocycles. The van der Waals surface area contributed by atoms with E-state index in [1.807, 2.05) is 6.07 Å². The second-order valence-corrected chi connectivity index (χ2v) is 4.57. The van der Waals surface area contributed by atoms with Crippen LogP contribution in [0.3, 0.4) is 0 Å². The first kappa shape index (κ1) is 11.7. The Morgan fingerprint density at radius 3 is 2.82 bits per heavy atom. The average molecular weight is 233 g/mol. The van der Waals surface area contributed by atoms with E-state index < -0.39 is 0 Å². The number of aromatic nitrogens is 2. The number of nitrogens with one attached hydrogen (secondary N) is 1. The molecular weight excluding hydrogens is 218 g/mol. The lowest BCUT2D eigenvalue weighted by Crippen LogP contribution is -2.39. The van der Waals surface area contributed by atoms with Crippen molar-refractivity contribution in [2.24, 2.45) is 0 Å². The van der Waals surface area contributed by atoms with Gasteiger partial charge in [0.1, 0.15) is 0 Å². The smallest absolute Gasteiger partial charge is 0.235 e. The van der Waals surface area contributed by atoms with Crippen LogP contribution >= 0.6 is 0 Å². The largest absolute Gasteiger partial charge is 0.296 e. The molecule has 90 valence electrons. The molecule has 0 radical (unpaired) electrons. The number of rotatable bonds is 2. The number of imide groups is 1. The molecule has 5 heteroatoms. The first-order valence-electron chi connectivity index (χ1n) is 5.74. The number of hydrogen-bond donors (Lipinski definition) is 1. The molecule has 1 aromatic heterocycles. The van der Waals surface area contributed by atoms with Crippen molar-refractivity contribution in [1.82, 2.24) is 15.5 Å². The van der Waals surface area contributed by atoms with E-state index >= 15 is 0 Å². The van der Waals surface area contributed by atoms with Crippen LogP contribution in [0.1, 0.15) is 49.8 Å². The van der Waals surface area contributed by atoms with Gasteiger partial charge in [0.05, 0.1) is 17.8 Å². The maximum atomic E-state index is 11.7. The highest BCUT2D eigenvalue weighted by atomic mass is 16.2. The summed E-state index contributed by atoms with van der Waals surface area (Å²) < 4.78 is 0. The molecule has 0 bridgehead atoms. The lowest BCUT2D eigenvalue weighted by molar-refractivity contribution is -0.134. The van der Waals surface area contributed by atoms with Gasteiger partial charge in [-0.1, -0.05) is 13.8 Å². The molecule has 5 nitrogen and oxygen atoms in total. The van der Waals surface area contributed by atoms with E-state index in [9.17, 15) is 9.59 Å². The Balaban J connectivity index is 2.25. The Morgan fingerprint density at radius 1 is 1.41 bits per heavy atom. The minimum Gasteiger partial charge on any atom is -0.296 e. The second-order valence-electron chi connectivity index (χ2n) is 4.57. The molecule has 2 amide bonds. The molecule has 0 saturated carbocycles. The highest BCUT2D eigenvalue weighted by Crippen LogP contribution is 2.24. The van der Waals surface area contributed by atoms with Crippen LogP contribution in [0.25, 0.3) is 0 Å². The van der Waals surface area contributed by atoms with Crippen molar-refractivity contribution < 1.29 is 9.59 Å². The van der Waals surface area contributed by atoms with Crippen LogP contribution in [-0.2, 0) is 9.59 Å². The fourth-order valence-corrected chi connectivity index (χ4v) is 1.86. The number of hydrogen-bond acceptors (Lipinski definition) is 4. The van der Waals surface area contributed by atoms with Crippen LogP contribution < -0.4 is 5.32 Å². The molecule has 1 aliphatic rings.